The van der Waals surface area contributed by atoms with Crippen molar-refractivity contribution in [2.45, 2.75) is 32.2 Å². The minimum absolute atomic E-state index is 0.240. The van der Waals surface area contributed by atoms with E-state index in [4.69, 9.17) is 4.74 Å². The lowest BCUT2D eigenvalue weighted by atomic mass is 9.97. The van der Waals surface area contributed by atoms with Crippen LogP contribution in [-0.2, 0) is 4.74 Å². The Bertz CT molecular complexity index is 366. The molecule has 1 atom stereocenters. The maximum atomic E-state index is 11.5. The quantitative estimate of drug-likeness (QED) is 0.816. The number of nitrogens with one attached hydrogen (secondary N) is 1. The molecule has 1 aliphatic rings. The molecule has 92 valence electrons. The number of benzene rings is 1. The van der Waals surface area contributed by atoms with E-state index >= 15 is 0 Å². The number of esters is 1. The van der Waals surface area contributed by atoms with E-state index in [0.29, 0.717) is 18.2 Å². The van der Waals surface area contributed by atoms with Crippen molar-refractivity contribution >= 4 is 5.97 Å². The van der Waals surface area contributed by atoms with Crippen LogP contribution in [0.15, 0.2) is 24.3 Å². The summed E-state index contributed by atoms with van der Waals surface area (Å²) in [4.78, 5) is 11.5. The molecule has 0 aromatic heterocycles. The molecule has 0 spiro atoms. The molecule has 1 heterocycles. The molecule has 0 radical (unpaired) electrons. The van der Waals surface area contributed by atoms with Gasteiger partial charge in [-0.15, -0.1) is 0 Å². The lowest BCUT2D eigenvalue weighted by Crippen LogP contribution is -2.26. The van der Waals surface area contributed by atoms with Gasteiger partial charge in [0, 0.05) is 6.04 Å². The fraction of sp³-hybridized carbons (Fsp3) is 0.500. The molecule has 1 N–H and O–H groups in total. The molecule has 0 saturated carbocycles. The van der Waals surface area contributed by atoms with Crippen LogP contribution in [0.25, 0.3) is 0 Å². The van der Waals surface area contributed by atoms with E-state index in [2.05, 4.69) is 5.32 Å². The molecule has 3 heteroatoms. The zero-order chi connectivity index (χ0) is 12.1. The Morgan fingerprint density at radius 2 is 2.12 bits per heavy atom. The van der Waals surface area contributed by atoms with Crippen LogP contribution < -0.4 is 5.32 Å². The third-order valence-electron chi connectivity index (χ3n) is 3.13. The molecule has 0 bridgehead atoms. The van der Waals surface area contributed by atoms with Gasteiger partial charge in [-0.1, -0.05) is 18.6 Å². The molecular formula is C14H19NO2. The maximum absolute atomic E-state index is 11.5. The minimum atomic E-state index is -0.240. The standard InChI is InChI=1S/C14H19NO2/c1-2-17-14(16)12-8-6-11(7-9-12)13-5-3-4-10-15-13/h6-9,13,15H,2-5,10H2,1H3. The highest BCUT2D eigenvalue weighted by Gasteiger charge is 2.15. The Balaban J connectivity index is 2.04. The summed E-state index contributed by atoms with van der Waals surface area (Å²) >= 11 is 0. The molecule has 17 heavy (non-hydrogen) atoms. The van der Waals surface area contributed by atoms with Gasteiger partial charge in [-0.25, -0.2) is 4.79 Å². The summed E-state index contributed by atoms with van der Waals surface area (Å²) in [6, 6.07) is 8.19. The van der Waals surface area contributed by atoms with Gasteiger partial charge in [0.15, 0.2) is 0 Å². The Morgan fingerprint density at radius 1 is 1.35 bits per heavy atom. The highest BCUT2D eigenvalue weighted by atomic mass is 16.5. The molecule has 1 fully saturated rings. The van der Waals surface area contributed by atoms with E-state index in [1.165, 1.54) is 24.8 Å². The first-order valence-electron chi connectivity index (χ1n) is 6.31. The van der Waals surface area contributed by atoms with Crippen LogP contribution in [0, 0.1) is 0 Å². The first-order valence-corrected chi connectivity index (χ1v) is 6.31. The molecular weight excluding hydrogens is 214 g/mol. The van der Waals surface area contributed by atoms with Crippen molar-refractivity contribution in [1.29, 1.82) is 0 Å². The molecule has 2 rings (SSSR count). The van der Waals surface area contributed by atoms with Crippen LogP contribution in [0.4, 0.5) is 0 Å². The van der Waals surface area contributed by atoms with Gasteiger partial charge in [0.1, 0.15) is 0 Å². The monoisotopic (exact) mass is 233 g/mol. The van der Waals surface area contributed by atoms with Crippen LogP contribution in [0.5, 0.6) is 0 Å². The third kappa shape index (κ3) is 3.07. The number of piperidine rings is 1. The molecule has 1 aliphatic heterocycles. The van der Waals surface area contributed by atoms with Gasteiger partial charge in [-0.2, -0.15) is 0 Å². The summed E-state index contributed by atoms with van der Waals surface area (Å²) in [6.07, 6.45) is 3.72. The van der Waals surface area contributed by atoms with Gasteiger partial charge in [0.2, 0.25) is 0 Å². The third-order valence-corrected chi connectivity index (χ3v) is 3.13. The molecule has 1 unspecified atom stereocenters. The van der Waals surface area contributed by atoms with Gasteiger partial charge in [0.05, 0.1) is 12.2 Å². The molecule has 1 aromatic rings. The normalized spacial score (nSPS) is 19.9. The van der Waals surface area contributed by atoms with Gasteiger partial charge >= 0.3 is 5.97 Å². The van der Waals surface area contributed by atoms with Gasteiger partial charge < -0.3 is 10.1 Å². The maximum Gasteiger partial charge on any atom is 0.338 e. The first kappa shape index (κ1) is 12.1. The smallest absolute Gasteiger partial charge is 0.338 e. The summed E-state index contributed by atoms with van der Waals surface area (Å²) in [7, 11) is 0. The topological polar surface area (TPSA) is 38.3 Å². The van der Waals surface area contributed by atoms with E-state index in [-0.39, 0.29) is 5.97 Å². The van der Waals surface area contributed by atoms with Crippen molar-refractivity contribution in [3.63, 3.8) is 0 Å². The summed E-state index contributed by atoms with van der Waals surface area (Å²) < 4.78 is 4.96. The molecule has 3 nitrogen and oxygen atoms in total. The summed E-state index contributed by atoms with van der Waals surface area (Å²) in [5, 5.41) is 3.49. The van der Waals surface area contributed by atoms with Crippen LogP contribution in [0.3, 0.4) is 0 Å². The van der Waals surface area contributed by atoms with Crippen LogP contribution >= 0.6 is 0 Å². The van der Waals surface area contributed by atoms with E-state index in [1.807, 2.05) is 31.2 Å². The van der Waals surface area contributed by atoms with E-state index in [9.17, 15) is 4.79 Å². The Hall–Kier alpha value is -1.35. The van der Waals surface area contributed by atoms with Gasteiger partial charge in [0.25, 0.3) is 0 Å². The van der Waals surface area contributed by atoms with Gasteiger partial charge in [-0.05, 0) is 44.0 Å². The van der Waals surface area contributed by atoms with E-state index in [1.54, 1.807) is 0 Å². The lowest BCUT2D eigenvalue weighted by molar-refractivity contribution is 0.0526. The highest BCUT2D eigenvalue weighted by Crippen LogP contribution is 2.23. The fourth-order valence-electron chi connectivity index (χ4n) is 2.20. The molecule has 1 saturated heterocycles. The van der Waals surface area contributed by atoms with Gasteiger partial charge in [-0.3, -0.25) is 0 Å². The fourth-order valence-corrected chi connectivity index (χ4v) is 2.20. The van der Waals surface area contributed by atoms with Crippen molar-refractivity contribution in [1.82, 2.24) is 5.32 Å². The van der Waals surface area contributed by atoms with Crippen LogP contribution in [0.2, 0.25) is 0 Å². The van der Waals surface area contributed by atoms with Crippen LogP contribution in [0.1, 0.15) is 48.1 Å². The van der Waals surface area contributed by atoms with E-state index in [0.717, 1.165) is 6.54 Å². The van der Waals surface area contributed by atoms with Crippen molar-refractivity contribution in [2.75, 3.05) is 13.2 Å². The minimum Gasteiger partial charge on any atom is -0.462 e. The van der Waals surface area contributed by atoms with Crippen molar-refractivity contribution in [3.8, 4) is 0 Å². The predicted molar refractivity (Wildman–Crippen MR) is 67.0 cm³/mol. The largest absolute Gasteiger partial charge is 0.462 e. The average molecular weight is 233 g/mol. The number of ether oxygens (including phenoxy) is 1. The van der Waals surface area contributed by atoms with Crippen LogP contribution in [-0.4, -0.2) is 19.1 Å². The predicted octanol–water partition coefficient (Wildman–Crippen LogP) is 2.68. The Labute approximate surface area is 102 Å². The SMILES string of the molecule is CCOC(=O)c1ccc(C2CCCCN2)cc1. The second-order valence-electron chi connectivity index (χ2n) is 4.34. The number of carbonyl (C=O) groups excluding carboxylic acids is 1. The second kappa shape index (κ2) is 5.82. The number of hydrogen-bond donors (Lipinski definition) is 1. The first-order chi connectivity index (χ1) is 8.31. The average Bonchev–Trinajstić information content (AvgIpc) is 2.40. The Morgan fingerprint density at radius 3 is 2.71 bits per heavy atom. The summed E-state index contributed by atoms with van der Waals surface area (Å²) in [5.41, 5.74) is 1.89. The molecule has 0 amide bonds. The highest BCUT2D eigenvalue weighted by molar-refractivity contribution is 5.89. The lowest BCUT2D eigenvalue weighted by Gasteiger charge is -2.23. The van der Waals surface area contributed by atoms with Crippen molar-refractivity contribution < 1.29 is 9.53 Å². The molecule has 1 aromatic carbocycles. The van der Waals surface area contributed by atoms with E-state index < -0.39 is 0 Å². The number of hydrogen-bond acceptors (Lipinski definition) is 3. The zero-order valence-electron chi connectivity index (χ0n) is 10.2. The Kier molecular flexibility index (Phi) is 4.15. The summed E-state index contributed by atoms with van der Waals surface area (Å²) in [6.45, 7) is 3.33. The zero-order valence-corrected chi connectivity index (χ0v) is 10.2. The second-order valence-corrected chi connectivity index (χ2v) is 4.34. The number of carbonyl (C=O) groups is 1. The molecule has 0 aliphatic carbocycles. The van der Waals surface area contributed by atoms with Crippen molar-refractivity contribution in [3.05, 3.63) is 35.4 Å². The van der Waals surface area contributed by atoms with Crippen molar-refractivity contribution in [2.24, 2.45) is 0 Å². The number of rotatable bonds is 3. The summed E-state index contributed by atoms with van der Waals surface area (Å²) in [5.74, 6) is -0.240.